The number of thiocarbonyl (C=S) groups is 1. The fourth-order valence-electron chi connectivity index (χ4n) is 2.46. The Bertz CT molecular complexity index is 481. The smallest absolute Gasteiger partial charge is 0.260 e. The first-order valence-corrected chi connectivity index (χ1v) is 7.27. The molecule has 4 nitrogen and oxygen atoms in total. The molecule has 1 fully saturated rings. The van der Waals surface area contributed by atoms with E-state index in [2.05, 4.69) is 0 Å². The first-order valence-electron chi connectivity index (χ1n) is 6.86. The van der Waals surface area contributed by atoms with E-state index in [4.69, 9.17) is 22.7 Å². The Morgan fingerprint density at radius 2 is 1.95 bits per heavy atom. The van der Waals surface area contributed by atoms with Crippen LogP contribution in [0.5, 0.6) is 5.75 Å². The molecule has 5 heteroatoms. The molecule has 0 radical (unpaired) electrons. The maximum Gasteiger partial charge on any atom is 0.260 e. The number of hydrogen-bond donors (Lipinski definition) is 1. The predicted molar refractivity (Wildman–Crippen MR) is 82.9 cm³/mol. The summed E-state index contributed by atoms with van der Waals surface area (Å²) in [6, 6.07) is 7.52. The van der Waals surface area contributed by atoms with Gasteiger partial charge in [0.15, 0.2) is 6.61 Å². The number of carbonyl (C=O) groups is 1. The van der Waals surface area contributed by atoms with Crippen molar-refractivity contribution in [3.8, 4) is 5.75 Å². The molecule has 0 bridgehead atoms. The highest BCUT2D eigenvalue weighted by atomic mass is 32.1. The molecule has 108 valence electrons. The van der Waals surface area contributed by atoms with Crippen LogP contribution >= 0.6 is 12.2 Å². The first-order chi connectivity index (χ1) is 9.58. The number of benzene rings is 1. The molecule has 0 saturated heterocycles. The zero-order valence-electron chi connectivity index (χ0n) is 11.7. The van der Waals surface area contributed by atoms with Gasteiger partial charge in [0, 0.05) is 18.7 Å². The van der Waals surface area contributed by atoms with Gasteiger partial charge in [-0.15, -0.1) is 0 Å². The summed E-state index contributed by atoms with van der Waals surface area (Å²) < 4.78 is 5.51. The summed E-state index contributed by atoms with van der Waals surface area (Å²) in [7, 11) is 1.86. The second kappa shape index (κ2) is 6.70. The maximum atomic E-state index is 12.0. The minimum absolute atomic E-state index is 0.0234. The first kappa shape index (κ1) is 14.8. The third kappa shape index (κ3) is 3.70. The Morgan fingerprint density at radius 3 is 2.50 bits per heavy atom. The van der Waals surface area contributed by atoms with Crippen LogP contribution in [0.25, 0.3) is 0 Å². The summed E-state index contributed by atoms with van der Waals surface area (Å²) in [5.74, 6) is 0.675. The van der Waals surface area contributed by atoms with E-state index in [-0.39, 0.29) is 12.5 Å². The Kier molecular flexibility index (Phi) is 4.95. The van der Waals surface area contributed by atoms with Gasteiger partial charge in [0.2, 0.25) is 0 Å². The predicted octanol–water partition coefficient (Wildman–Crippen LogP) is 2.10. The average Bonchev–Trinajstić information content (AvgIpc) is 2.98. The molecule has 2 rings (SSSR count). The van der Waals surface area contributed by atoms with Gasteiger partial charge in [-0.25, -0.2) is 0 Å². The van der Waals surface area contributed by atoms with Crippen molar-refractivity contribution < 1.29 is 9.53 Å². The van der Waals surface area contributed by atoms with Crippen molar-refractivity contribution in [2.24, 2.45) is 5.73 Å². The lowest BCUT2D eigenvalue weighted by molar-refractivity contribution is -0.134. The fraction of sp³-hybridized carbons (Fsp3) is 0.467. The molecule has 0 aromatic heterocycles. The molecule has 2 N–H and O–H groups in total. The zero-order chi connectivity index (χ0) is 14.5. The lowest BCUT2D eigenvalue weighted by atomic mass is 10.2. The number of rotatable bonds is 5. The van der Waals surface area contributed by atoms with Crippen molar-refractivity contribution in [3.63, 3.8) is 0 Å². The zero-order valence-corrected chi connectivity index (χ0v) is 12.5. The monoisotopic (exact) mass is 292 g/mol. The highest BCUT2D eigenvalue weighted by molar-refractivity contribution is 7.80. The molecule has 1 amide bonds. The Hall–Kier alpha value is -1.62. The summed E-state index contributed by atoms with van der Waals surface area (Å²) in [4.78, 5) is 14.2. The fourth-order valence-corrected chi connectivity index (χ4v) is 2.59. The van der Waals surface area contributed by atoms with Crippen LogP contribution < -0.4 is 10.5 Å². The quantitative estimate of drug-likeness (QED) is 0.844. The highest BCUT2D eigenvalue weighted by Gasteiger charge is 2.23. The summed E-state index contributed by atoms with van der Waals surface area (Å²) in [5, 5.41) is 0. The third-order valence-electron chi connectivity index (χ3n) is 3.77. The van der Waals surface area contributed by atoms with Crippen LogP contribution in [0.4, 0.5) is 0 Å². The second-order valence-electron chi connectivity index (χ2n) is 5.12. The van der Waals surface area contributed by atoms with Gasteiger partial charge in [-0.2, -0.15) is 0 Å². The van der Waals surface area contributed by atoms with Gasteiger partial charge in [0.05, 0.1) is 0 Å². The van der Waals surface area contributed by atoms with E-state index in [1.165, 1.54) is 12.8 Å². The molecule has 0 unspecified atom stereocenters. The Morgan fingerprint density at radius 1 is 1.35 bits per heavy atom. The number of nitrogens with two attached hydrogens (primary N) is 1. The SMILES string of the molecule is CN(C(=O)COc1ccc(C(N)=S)cc1)C1CCCC1. The molecule has 1 aliphatic rings. The van der Waals surface area contributed by atoms with Gasteiger partial charge in [-0.05, 0) is 37.1 Å². The van der Waals surface area contributed by atoms with Crippen LogP contribution in [0.3, 0.4) is 0 Å². The topological polar surface area (TPSA) is 55.6 Å². The van der Waals surface area contributed by atoms with Crippen LogP contribution in [0.2, 0.25) is 0 Å². The molecule has 0 aliphatic heterocycles. The molecule has 1 aromatic carbocycles. The summed E-state index contributed by atoms with van der Waals surface area (Å²) in [5.41, 5.74) is 6.32. The van der Waals surface area contributed by atoms with Crippen LogP contribution in [-0.2, 0) is 4.79 Å². The van der Waals surface area contributed by atoms with E-state index in [1.807, 2.05) is 11.9 Å². The molecule has 1 aromatic rings. The van der Waals surface area contributed by atoms with Gasteiger partial charge < -0.3 is 15.4 Å². The van der Waals surface area contributed by atoms with Crippen LogP contribution in [0.1, 0.15) is 31.2 Å². The van der Waals surface area contributed by atoms with Crippen molar-refractivity contribution in [1.29, 1.82) is 0 Å². The standard InChI is InChI=1S/C15H20N2O2S/c1-17(12-4-2-3-5-12)14(18)10-19-13-8-6-11(7-9-13)15(16)20/h6-9,12H,2-5,10H2,1H3,(H2,16,20). The van der Waals surface area contributed by atoms with Gasteiger partial charge in [-0.3, -0.25) is 4.79 Å². The molecular formula is C15H20N2O2S. The van der Waals surface area contributed by atoms with Crippen LogP contribution in [-0.4, -0.2) is 35.5 Å². The highest BCUT2D eigenvalue weighted by Crippen LogP contribution is 2.22. The van der Waals surface area contributed by atoms with Gasteiger partial charge in [0.1, 0.15) is 10.7 Å². The molecule has 1 saturated carbocycles. The molecular weight excluding hydrogens is 272 g/mol. The minimum Gasteiger partial charge on any atom is -0.484 e. The number of carbonyl (C=O) groups excluding carboxylic acids is 1. The molecule has 0 heterocycles. The summed E-state index contributed by atoms with van der Waals surface area (Å²) in [6.07, 6.45) is 4.63. The van der Waals surface area contributed by atoms with E-state index in [0.717, 1.165) is 18.4 Å². The Labute approximate surface area is 124 Å². The van der Waals surface area contributed by atoms with Crippen molar-refractivity contribution in [2.75, 3.05) is 13.7 Å². The maximum absolute atomic E-state index is 12.0. The van der Waals surface area contributed by atoms with Gasteiger partial charge >= 0.3 is 0 Å². The van der Waals surface area contributed by atoms with Crippen molar-refractivity contribution in [2.45, 2.75) is 31.7 Å². The van der Waals surface area contributed by atoms with Crippen molar-refractivity contribution in [3.05, 3.63) is 29.8 Å². The molecule has 1 aliphatic carbocycles. The van der Waals surface area contributed by atoms with E-state index in [0.29, 0.717) is 16.8 Å². The number of hydrogen-bond acceptors (Lipinski definition) is 3. The van der Waals surface area contributed by atoms with E-state index in [1.54, 1.807) is 24.3 Å². The second-order valence-corrected chi connectivity index (χ2v) is 5.56. The lowest BCUT2D eigenvalue weighted by Crippen LogP contribution is -2.38. The number of nitrogens with zero attached hydrogens (tertiary/aromatic N) is 1. The lowest BCUT2D eigenvalue weighted by Gasteiger charge is -2.24. The number of amides is 1. The number of likely N-dealkylation sites (N-methyl/N-ethyl adjacent to an activating group) is 1. The normalized spacial score (nSPS) is 15.1. The summed E-state index contributed by atoms with van der Waals surface area (Å²) >= 11 is 4.88. The average molecular weight is 292 g/mol. The van der Waals surface area contributed by atoms with Crippen molar-refractivity contribution >= 4 is 23.1 Å². The largest absolute Gasteiger partial charge is 0.484 e. The van der Waals surface area contributed by atoms with E-state index in [9.17, 15) is 4.79 Å². The molecule has 0 spiro atoms. The molecule has 20 heavy (non-hydrogen) atoms. The number of ether oxygens (including phenoxy) is 1. The minimum atomic E-state index is 0.0234. The van der Waals surface area contributed by atoms with E-state index < -0.39 is 0 Å². The van der Waals surface area contributed by atoms with E-state index >= 15 is 0 Å². The van der Waals surface area contributed by atoms with Crippen LogP contribution in [0, 0.1) is 0 Å². The van der Waals surface area contributed by atoms with Crippen LogP contribution in [0.15, 0.2) is 24.3 Å². The third-order valence-corrected chi connectivity index (χ3v) is 4.00. The molecule has 0 atom stereocenters. The van der Waals surface area contributed by atoms with Crippen molar-refractivity contribution in [1.82, 2.24) is 4.90 Å². The summed E-state index contributed by atoms with van der Waals surface area (Å²) in [6.45, 7) is 0.0689. The van der Waals surface area contributed by atoms with Gasteiger partial charge in [-0.1, -0.05) is 25.1 Å². The Balaban J connectivity index is 1.84. The van der Waals surface area contributed by atoms with Gasteiger partial charge in [0.25, 0.3) is 5.91 Å².